The van der Waals surface area contributed by atoms with Crippen molar-refractivity contribution in [1.29, 1.82) is 0 Å². The molecule has 3 heteroatoms. The van der Waals surface area contributed by atoms with Gasteiger partial charge in [0.2, 0.25) is 0 Å². The summed E-state index contributed by atoms with van der Waals surface area (Å²) in [5, 5.41) is 5.18. The molecule has 5 rings (SSSR count). The number of aromatic amines is 1. The lowest BCUT2D eigenvalue weighted by Gasteiger charge is -2.37. The molecule has 5 aromatic rings. The second kappa shape index (κ2) is 9.35. The van der Waals surface area contributed by atoms with Gasteiger partial charge in [-0.05, 0) is 46.9 Å². The second-order valence-corrected chi connectivity index (χ2v) is 8.25. The third-order valence-corrected chi connectivity index (χ3v) is 6.38. The second-order valence-electron chi connectivity index (χ2n) is 8.25. The Kier molecular flexibility index (Phi) is 5.97. The first-order valence-electron chi connectivity index (χ1n) is 11.4. The summed E-state index contributed by atoms with van der Waals surface area (Å²) in [6, 6.07) is 38.4. The van der Waals surface area contributed by atoms with Crippen LogP contribution in [0.3, 0.4) is 0 Å². The van der Waals surface area contributed by atoms with Crippen molar-refractivity contribution in [2.75, 3.05) is 13.7 Å². The Balaban J connectivity index is 1.54. The fourth-order valence-electron chi connectivity index (χ4n) is 4.75. The minimum Gasteiger partial charge on any atom is -0.497 e. The van der Waals surface area contributed by atoms with Gasteiger partial charge in [0.25, 0.3) is 0 Å². The van der Waals surface area contributed by atoms with Crippen molar-refractivity contribution in [3.63, 3.8) is 0 Å². The minimum absolute atomic E-state index is 0.451. The molecule has 0 atom stereocenters. The highest BCUT2D eigenvalue weighted by molar-refractivity contribution is 5.84. The normalized spacial score (nSPS) is 11.5. The molecule has 0 radical (unpaired) electrons. The molecule has 0 saturated carbocycles. The molecule has 0 aliphatic rings. The fourth-order valence-corrected chi connectivity index (χ4v) is 4.75. The van der Waals surface area contributed by atoms with E-state index in [0.29, 0.717) is 0 Å². The molecule has 0 spiro atoms. The van der Waals surface area contributed by atoms with Crippen LogP contribution in [-0.2, 0) is 12.0 Å². The molecular formula is C30H28N2O. The zero-order valence-electron chi connectivity index (χ0n) is 18.8. The van der Waals surface area contributed by atoms with Crippen molar-refractivity contribution in [3.05, 3.63) is 138 Å². The number of hydrogen-bond acceptors (Lipinski definition) is 2. The van der Waals surface area contributed by atoms with E-state index in [1.165, 1.54) is 27.6 Å². The molecular weight excluding hydrogens is 404 g/mol. The lowest BCUT2D eigenvalue weighted by Crippen LogP contribution is -2.45. The topological polar surface area (TPSA) is 37.0 Å². The lowest BCUT2D eigenvalue weighted by atomic mass is 9.77. The average molecular weight is 433 g/mol. The highest BCUT2D eigenvalue weighted by Gasteiger charge is 2.35. The smallest absolute Gasteiger partial charge is 0.119 e. The van der Waals surface area contributed by atoms with E-state index in [4.69, 9.17) is 4.74 Å². The quantitative estimate of drug-likeness (QED) is 0.282. The van der Waals surface area contributed by atoms with Gasteiger partial charge in [-0.25, -0.2) is 0 Å². The van der Waals surface area contributed by atoms with Gasteiger partial charge in [-0.2, -0.15) is 0 Å². The van der Waals surface area contributed by atoms with E-state index < -0.39 is 5.54 Å². The van der Waals surface area contributed by atoms with E-state index in [1.54, 1.807) is 7.11 Å². The summed E-state index contributed by atoms with van der Waals surface area (Å²) in [6.45, 7) is 0.808. The van der Waals surface area contributed by atoms with Crippen LogP contribution in [-0.4, -0.2) is 18.6 Å². The van der Waals surface area contributed by atoms with Crippen molar-refractivity contribution in [2.45, 2.75) is 12.0 Å². The van der Waals surface area contributed by atoms with Gasteiger partial charge in [-0.3, -0.25) is 5.32 Å². The fraction of sp³-hybridized carbons (Fsp3) is 0.133. The van der Waals surface area contributed by atoms with Gasteiger partial charge in [-0.1, -0.05) is 91.0 Å². The van der Waals surface area contributed by atoms with Crippen LogP contribution in [0, 0.1) is 0 Å². The molecule has 0 unspecified atom stereocenters. The summed E-state index contributed by atoms with van der Waals surface area (Å²) in [7, 11) is 1.71. The molecule has 3 nitrogen and oxygen atoms in total. The first kappa shape index (κ1) is 21.0. The summed E-state index contributed by atoms with van der Waals surface area (Å²) in [5.74, 6) is 0.878. The molecule has 1 aromatic heterocycles. The third kappa shape index (κ3) is 4.04. The van der Waals surface area contributed by atoms with E-state index in [-0.39, 0.29) is 0 Å². The number of nitrogens with one attached hydrogen (secondary N) is 2. The number of fused-ring (bicyclic) bond motifs is 1. The SMILES string of the molecule is COc1ccc2[nH]cc(CCNC(c3ccccc3)(c3ccccc3)c3ccccc3)c2c1. The van der Waals surface area contributed by atoms with E-state index in [0.717, 1.165) is 24.2 Å². The van der Waals surface area contributed by atoms with Crippen LogP contribution in [0.2, 0.25) is 0 Å². The molecule has 0 fully saturated rings. The molecule has 33 heavy (non-hydrogen) atoms. The highest BCUT2D eigenvalue weighted by atomic mass is 16.5. The summed E-state index contributed by atoms with van der Waals surface area (Å²) in [6.07, 6.45) is 3.00. The molecule has 0 amide bonds. The minimum atomic E-state index is -0.451. The Labute approximate surface area is 195 Å². The predicted molar refractivity (Wildman–Crippen MR) is 136 cm³/mol. The zero-order chi connectivity index (χ0) is 22.5. The van der Waals surface area contributed by atoms with E-state index in [1.807, 2.05) is 6.07 Å². The summed E-state index contributed by atoms with van der Waals surface area (Å²) in [4.78, 5) is 3.40. The van der Waals surface area contributed by atoms with Gasteiger partial charge in [0.1, 0.15) is 5.75 Å². The van der Waals surface area contributed by atoms with Gasteiger partial charge in [-0.15, -0.1) is 0 Å². The number of aromatic nitrogens is 1. The van der Waals surface area contributed by atoms with E-state index >= 15 is 0 Å². The Bertz CT molecular complexity index is 1210. The van der Waals surface area contributed by atoms with Crippen molar-refractivity contribution < 1.29 is 4.74 Å². The van der Waals surface area contributed by atoms with Crippen molar-refractivity contribution in [3.8, 4) is 5.75 Å². The highest BCUT2D eigenvalue weighted by Crippen LogP contribution is 2.36. The first-order valence-corrected chi connectivity index (χ1v) is 11.4. The standard InChI is InChI=1S/C30H28N2O/c1-33-27-17-18-29-28(21-27)23(22-31-29)19-20-32-30(24-11-5-2-6-12-24,25-13-7-3-8-14-25)26-15-9-4-10-16-26/h2-18,21-22,31-32H,19-20H2,1H3. The van der Waals surface area contributed by atoms with Crippen LogP contribution in [0.4, 0.5) is 0 Å². The van der Waals surface area contributed by atoms with Crippen LogP contribution < -0.4 is 10.1 Å². The van der Waals surface area contributed by atoms with Crippen molar-refractivity contribution in [1.82, 2.24) is 10.3 Å². The molecule has 0 aliphatic carbocycles. The summed E-state index contributed by atoms with van der Waals surface area (Å²) in [5.41, 5.74) is 5.63. The maximum atomic E-state index is 5.45. The zero-order valence-corrected chi connectivity index (χ0v) is 18.8. The molecule has 164 valence electrons. The first-order chi connectivity index (χ1) is 16.3. The van der Waals surface area contributed by atoms with Crippen molar-refractivity contribution >= 4 is 10.9 Å². The largest absolute Gasteiger partial charge is 0.497 e. The van der Waals surface area contributed by atoms with Crippen LogP contribution in [0.1, 0.15) is 22.3 Å². The Morgan fingerprint density at radius 2 is 1.27 bits per heavy atom. The van der Waals surface area contributed by atoms with Gasteiger partial charge in [0, 0.05) is 23.6 Å². The maximum Gasteiger partial charge on any atom is 0.119 e. The lowest BCUT2D eigenvalue weighted by molar-refractivity contribution is 0.415. The Hall–Kier alpha value is -3.82. The van der Waals surface area contributed by atoms with Gasteiger partial charge in [0.15, 0.2) is 0 Å². The van der Waals surface area contributed by atoms with Crippen LogP contribution in [0.5, 0.6) is 5.75 Å². The summed E-state index contributed by atoms with van der Waals surface area (Å²) < 4.78 is 5.45. The molecule has 0 saturated heterocycles. The number of H-pyrrole nitrogens is 1. The molecule has 2 N–H and O–H groups in total. The Morgan fingerprint density at radius 3 is 1.79 bits per heavy atom. The number of rotatable bonds is 8. The summed E-state index contributed by atoms with van der Waals surface area (Å²) >= 11 is 0. The van der Waals surface area contributed by atoms with Crippen LogP contribution in [0.25, 0.3) is 10.9 Å². The van der Waals surface area contributed by atoms with Gasteiger partial charge < -0.3 is 9.72 Å². The number of hydrogen-bond donors (Lipinski definition) is 2. The molecule has 0 bridgehead atoms. The van der Waals surface area contributed by atoms with Crippen molar-refractivity contribution in [2.24, 2.45) is 0 Å². The number of methoxy groups -OCH3 is 1. The monoisotopic (exact) mass is 432 g/mol. The third-order valence-electron chi connectivity index (χ3n) is 6.38. The molecule has 4 aromatic carbocycles. The van der Waals surface area contributed by atoms with E-state index in [9.17, 15) is 0 Å². The number of ether oxygens (including phenoxy) is 1. The van der Waals surface area contributed by atoms with E-state index in [2.05, 4.69) is 120 Å². The molecule has 1 heterocycles. The predicted octanol–water partition coefficient (Wildman–Crippen LogP) is 6.30. The average Bonchev–Trinajstić information content (AvgIpc) is 3.30. The van der Waals surface area contributed by atoms with Gasteiger partial charge >= 0.3 is 0 Å². The molecule has 0 aliphatic heterocycles. The Morgan fingerprint density at radius 1 is 0.727 bits per heavy atom. The number of benzene rings is 4. The maximum absolute atomic E-state index is 5.45. The van der Waals surface area contributed by atoms with Crippen LogP contribution in [0.15, 0.2) is 115 Å². The van der Waals surface area contributed by atoms with Crippen LogP contribution >= 0.6 is 0 Å². The van der Waals surface area contributed by atoms with Gasteiger partial charge in [0.05, 0.1) is 12.6 Å².